The molecule has 2 rings (SSSR count). The van der Waals surface area contributed by atoms with Crippen molar-refractivity contribution >= 4 is 29.3 Å². The summed E-state index contributed by atoms with van der Waals surface area (Å²) in [4.78, 5) is 38.0. The van der Waals surface area contributed by atoms with Crippen molar-refractivity contribution in [2.75, 3.05) is 12.3 Å². The minimum Gasteiger partial charge on any atom is -0.354 e. The second-order valence-electron chi connectivity index (χ2n) is 7.58. The summed E-state index contributed by atoms with van der Waals surface area (Å²) < 4.78 is 0. The molecule has 0 heterocycles. The van der Waals surface area contributed by atoms with Gasteiger partial charge >= 0.3 is 0 Å². The molecule has 0 radical (unpaired) electrons. The van der Waals surface area contributed by atoms with Crippen molar-refractivity contribution in [3.8, 4) is 0 Å². The van der Waals surface area contributed by atoms with E-state index in [4.69, 9.17) is 0 Å². The van der Waals surface area contributed by atoms with Crippen molar-refractivity contribution in [1.82, 2.24) is 10.2 Å². The number of nitrogens with zero attached hydrogens (tertiary/aromatic N) is 2. The van der Waals surface area contributed by atoms with Gasteiger partial charge in [0.05, 0.1) is 10.7 Å². The van der Waals surface area contributed by atoms with Crippen LogP contribution in [0.25, 0.3) is 0 Å². The van der Waals surface area contributed by atoms with Gasteiger partial charge in [-0.15, -0.1) is 11.8 Å². The summed E-state index contributed by atoms with van der Waals surface area (Å²) in [6.45, 7) is 6.86. The second-order valence-corrected chi connectivity index (χ2v) is 8.57. The van der Waals surface area contributed by atoms with Gasteiger partial charge in [0.25, 0.3) is 5.69 Å². The number of aryl methyl sites for hydroxylation is 1. The van der Waals surface area contributed by atoms with Crippen LogP contribution in [0.2, 0.25) is 0 Å². The Morgan fingerprint density at radius 3 is 2.41 bits per heavy atom. The Hall–Kier alpha value is -2.87. The molecule has 0 aliphatic heterocycles. The molecule has 0 aliphatic rings. The van der Waals surface area contributed by atoms with E-state index in [0.29, 0.717) is 25.3 Å². The summed E-state index contributed by atoms with van der Waals surface area (Å²) in [5.74, 6) is 0.552. The zero-order valence-electron chi connectivity index (χ0n) is 18.9. The first-order chi connectivity index (χ1) is 15.4. The molecule has 0 aliphatic carbocycles. The minimum absolute atomic E-state index is 0.0445. The first kappa shape index (κ1) is 25.4. The molecule has 2 aromatic carbocycles. The van der Waals surface area contributed by atoms with Crippen LogP contribution >= 0.6 is 11.8 Å². The first-order valence-corrected chi connectivity index (χ1v) is 12.0. The second kappa shape index (κ2) is 12.9. The lowest BCUT2D eigenvalue weighted by Gasteiger charge is -2.31. The first-order valence-electron chi connectivity index (χ1n) is 10.8. The highest BCUT2D eigenvalue weighted by molar-refractivity contribution is 7.99. The fourth-order valence-electron chi connectivity index (χ4n) is 3.31. The molecule has 0 bridgehead atoms. The third kappa shape index (κ3) is 7.37. The summed E-state index contributed by atoms with van der Waals surface area (Å²) in [5.41, 5.74) is 3.05. The van der Waals surface area contributed by atoms with Crippen LogP contribution in [0, 0.1) is 17.0 Å². The fraction of sp³-hybridized carbons (Fsp3) is 0.417. The summed E-state index contributed by atoms with van der Waals surface area (Å²) in [7, 11) is 0. The molecule has 0 spiro atoms. The van der Waals surface area contributed by atoms with E-state index in [0.717, 1.165) is 23.1 Å². The number of hydrogen-bond donors (Lipinski definition) is 1. The quantitative estimate of drug-likeness (QED) is 0.375. The number of nitro benzene ring substituents is 1. The van der Waals surface area contributed by atoms with E-state index in [1.807, 2.05) is 45.0 Å². The highest BCUT2D eigenvalue weighted by Gasteiger charge is 2.28. The lowest BCUT2D eigenvalue weighted by atomic mass is 10.1. The van der Waals surface area contributed by atoms with Gasteiger partial charge in [-0.2, -0.15) is 0 Å². The molecule has 1 atom stereocenters. The lowest BCUT2D eigenvalue weighted by molar-refractivity contribution is -0.384. The third-order valence-electron chi connectivity index (χ3n) is 5.18. The molecular formula is C24H31N3O4S. The summed E-state index contributed by atoms with van der Waals surface area (Å²) in [6, 6.07) is 13.7. The van der Waals surface area contributed by atoms with Gasteiger partial charge in [0.15, 0.2) is 0 Å². The highest BCUT2D eigenvalue weighted by Crippen LogP contribution is 2.20. The summed E-state index contributed by atoms with van der Waals surface area (Å²) in [6.07, 6.45) is 1.36. The topological polar surface area (TPSA) is 92.6 Å². The average Bonchev–Trinajstić information content (AvgIpc) is 2.79. The average molecular weight is 458 g/mol. The number of carbonyl (C=O) groups excluding carboxylic acids is 2. The summed E-state index contributed by atoms with van der Waals surface area (Å²) in [5, 5.41) is 13.7. The molecule has 0 aromatic heterocycles. The number of thioether (sulfide) groups is 1. The van der Waals surface area contributed by atoms with E-state index in [9.17, 15) is 19.7 Å². The number of amides is 2. The van der Waals surface area contributed by atoms with Crippen LogP contribution in [0.3, 0.4) is 0 Å². The molecule has 8 heteroatoms. The Morgan fingerprint density at radius 2 is 1.81 bits per heavy atom. The molecule has 0 saturated heterocycles. The molecule has 0 unspecified atom stereocenters. The summed E-state index contributed by atoms with van der Waals surface area (Å²) >= 11 is 1.44. The van der Waals surface area contributed by atoms with Crippen molar-refractivity contribution in [2.24, 2.45) is 0 Å². The monoisotopic (exact) mass is 457 g/mol. The van der Waals surface area contributed by atoms with Gasteiger partial charge in [-0.3, -0.25) is 19.7 Å². The largest absolute Gasteiger partial charge is 0.354 e. The lowest BCUT2D eigenvalue weighted by Crippen LogP contribution is -2.49. The maximum atomic E-state index is 13.2. The minimum atomic E-state index is -0.534. The Bertz CT molecular complexity index is 918. The van der Waals surface area contributed by atoms with Crippen LogP contribution in [-0.2, 0) is 21.9 Å². The zero-order chi connectivity index (χ0) is 23.5. The maximum absolute atomic E-state index is 13.2. The predicted octanol–water partition coefficient (Wildman–Crippen LogP) is 4.47. The molecular weight excluding hydrogens is 426 g/mol. The van der Waals surface area contributed by atoms with E-state index >= 15 is 0 Å². The molecule has 0 saturated carbocycles. The standard InChI is InChI=1S/C24H31N3O4S/c1-4-14-25-24(29)22(5-2)26(15-20-9-7-6-8-18(20)3)23(28)17-32-16-19-10-12-21(13-11-19)27(30)31/h6-13,22H,4-5,14-17H2,1-3H3,(H,25,29)/t22-/m0/s1. The van der Waals surface area contributed by atoms with Crippen molar-refractivity contribution in [2.45, 2.75) is 52.0 Å². The Balaban J connectivity index is 2.10. The van der Waals surface area contributed by atoms with Gasteiger partial charge in [0, 0.05) is 31.0 Å². The van der Waals surface area contributed by atoms with E-state index in [-0.39, 0.29) is 23.3 Å². The smallest absolute Gasteiger partial charge is 0.269 e. The van der Waals surface area contributed by atoms with Gasteiger partial charge in [-0.05, 0) is 36.5 Å². The number of non-ortho nitro benzene ring substituents is 1. The number of rotatable bonds is 12. The van der Waals surface area contributed by atoms with Crippen molar-refractivity contribution < 1.29 is 14.5 Å². The molecule has 172 valence electrons. The third-order valence-corrected chi connectivity index (χ3v) is 6.17. The molecule has 7 nitrogen and oxygen atoms in total. The number of nitrogens with one attached hydrogen (secondary N) is 1. The number of hydrogen-bond acceptors (Lipinski definition) is 5. The van der Waals surface area contributed by atoms with Crippen LogP contribution in [0.1, 0.15) is 43.4 Å². The van der Waals surface area contributed by atoms with Gasteiger partial charge in [0.2, 0.25) is 11.8 Å². The van der Waals surface area contributed by atoms with Crippen molar-refractivity contribution in [3.63, 3.8) is 0 Å². The van der Waals surface area contributed by atoms with Crippen LogP contribution in [-0.4, -0.2) is 40.0 Å². The Morgan fingerprint density at radius 1 is 1.12 bits per heavy atom. The van der Waals surface area contributed by atoms with E-state index in [1.54, 1.807) is 17.0 Å². The van der Waals surface area contributed by atoms with Gasteiger partial charge in [-0.1, -0.05) is 50.2 Å². The maximum Gasteiger partial charge on any atom is 0.269 e. The molecule has 0 fully saturated rings. The van der Waals surface area contributed by atoms with E-state index in [1.165, 1.54) is 23.9 Å². The normalized spacial score (nSPS) is 11.6. The van der Waals surface area contributed by atoms with Gasteiger partial charge < -0.3 is 10.2 Å². The predicted molar refractivity (Wildman–Crippen MR) is 128 cm³/mol. The van der Waals surface area contributed by atoms with Crippen molar-refractivity contribution in [1.29, 1.82) is 0 Å². The SMILES string of the molecule is CCCNC(=O)[C@H](CC)N(Cc1ccccc1C)C(=O)CSCc1ccc([N+](=O)[O-])cc1. The highest BCUT2D eigenvalue weighted by atomic mass is 32.2. The van der Waals surface area contributed by atoms with Crippen LogP contribution in [0.5, 0.6) is 0 Å². The molecule has 1 N–H and O–H groups in total. The Kier molecular flexibility index (Phi) is 10.2. The van der Waals surface area contributed by atoms with Gasteiger partial charge in [-0.25, -0.2) is 0 Å². The van der Waals surface area contributed by atoms with Gasteiger partial charge in [0.1, 0.15) is 6.04 Å². The molecule has 32 heavy (non-hydrogen) atoms. The molecule has 2 amide bonds. The van der Waals surface area contributed by atoms with Crippen LogP contribution < -0.4 is 5.32 Å². The van der Waals surface area contributed by atoms with Crippen LogP contribution in [0.15, 0.2) is 48.5 Å². The number of nitro groups is 1. The fourth-order valence-corrected chi connectivity index (χ4v) is 4.18. The Labute approximate surface area is 193 Å². The van der Waals surface area contributed by atoms with E-state index < -0.39 is 11.0 Å². The number of benzene rings is 2. The van der Waals surface area contributed by atoms with Crippen molar-refractivity contribution in [3.05, 3.63) is 75.3 Å². The van der Waals surface area contributed by atoms with Crippen LogP contribution in [0.4, 0.5) is 5.69 Å². The van der Waals surface area contributed by atoms with E-state index in [2.05, 4.69) is 5.32 Å². The number of carbonyl (C=O) groups is 2. The zero-order valence-corrected chi connectivity index (χ0v) is 19.7. The molecule has 2 aromatic rings.